The zero-order chi connectivity index (χ0) is 15.3. The standard InChI is InChI=1S/C10H11F5N2O2S/c1-5(4-18-8(11)12)19-7-6(10(13,14)15)3-16-9(17-7)20-2/h3,5,8H,4H2,1-2H3/t5-/m1/s1. The van der Waals surface area contributed by atoms with E-state index in [1.54, 1.807) is 6.26 Å². The van der Waals surface area contributed by atoms with Gasteiger partial charge in [-0.1, -0.05) is 11.8 Å². The fraction of sp³-hybridized carbons (Fsp3) is 0.600. The van der Waals surface area contributed by atoms with Gasteiger partial charge in [0.1, 0.15) is 11.7 Å². The summed E-state index contributed by atoms with van der Waals surface area (Å²) in [6, 6.07) is 0. The van der Waals surface area contributed by atoms with E-state index >= 15 is 0 Å². The SMILES string of the molecule is CSc1ncc(C(F)(F)F)c(O[C@H](C)COC(F)F)n1. The topological polar surface area (TPSA) is 44.2 Å². The zero-order valence-corrected chi connectivity index (χ0v) is 11.3. The van der Waals surface area contributed by atoms with Crippen LogP contribution in [0, 0.1) is 0 Å². The molecule has 0 aliphatic heterocycles. The molecule has 0 radical (unpaired) electrons. The van der Waals surface area contributed by atoms with Crippen molar-refractivity contribution in [3.05, 3.63) is 11.8 Å². The van der Waals surface area contributed by atoms with E-state index in [-0.39, 0.29) is 5.16 Å². The molecule has 10 heteroatoms. The van der Waals surface area contributed by atoms with Crippen LogP contribution in [0.25, 0.3) is 0 Å². The number of aromatic nitrogens is 2. The van der Waals surface area contributed by atoms with E-state index in [4.69, 9.17) is 4.74 Å². The molecule has 1 heterocycles. The molecule has 20 heavy (non-hydrogen) atoms. The van der Waals surface area contributed by atoms with Gasteiger partial charge in [0.25, 0.3) is 0 Å². The molecular weight excluding hydrogens is 307 g/mol. The highest BCUT2D eigenvalue weighted by atomic mass is 32.2. The van der Waals surface area contributed by atoms with Crippen LogP contribution in [0.15, 0.2) is 11.4 Å². The number of thioether (sulfide) groups is 1. The quantitative estimate of drug-likeness (QED) is 0.458. The summed E-state index contributed by atoms with van der Waals surface area (Å²) in [4.78, 5) is 7.10. The largest absolute Gasteiger partial charge is 0.472 e. The summed E-state index contributed by atoms with van der Waals surface area (Å²) in [6.07, 6.45) is -3.55. The molecule has 1 aromatic heterocycles. The van der Waals surface area contributed by atoms with Gasteiger partial charge in [-0.3, -0.25) is 0 Å². The average molecular weight is 318 g/mol. The minimum atomic E-state index is -4.70. The monoisotopic (exact) mass is 318 g/mol. The fourth-order valence-corrected chi connectivity index (χ4v) is 1.50. The van der Waals surface area contributed by atoms with Crippen molar-refractivity contribution in [2.24, 2.45) is 0 Å². The van der Waals surface area contributed by atoms with Crippen LogP contribution < -0.4 is 4.74 Å². The average Bonchev–Trinajstić information content (AvgIpc) is 2.34. The molecule has 0 spiro atoms. The van der Waals surface area contributed by atoms with Gasteiger partial charge in [-0.2, -0.15) is 26.9 Å². The maximum Gasteiger partial charge on any atom is 0.423 e. The van der Waals surface area contributed by atoms with Crippen LogP contribution >= 0.6 is 11.8 Å². The first kappa shape index (κ1) is 16.9. The maximum absolute atomic E-state index is 12.7. The van der Waals surface area contributed by atoms with Crippen molar-refractivity contribution < 1.29 is 31.4 Å². The van der Waals surface area contributed by atoms with E-state index in [1.807, 2.05) is 0 Å². The van der Waals surface area contributed by atoms with Crippen LogP contribution in [-0.2, 0) is 10.9 Å². The minimum Gasteiger partial charge on any atom is -0.472 e. The minimum absolute atomic E-state index is 0.0787. The third-order valence-electron chi connectivity index (χ3n) is 1.99. The smallest absolute Gasteiger partial charge is 0.423 e. The molecule has 0 saturated carbocycles. The van der Waals surface area contributed by atoms with Gasteiger partial charge in [0.05, 0.1) is 6.61 Å². The lowest BCUT2D eigenvalue weighted by molar-refractivity contribution is -0.148. The number of alkyl halides is 5. The molecule has 0 amide bonds. The predicted octanol–water partition coefficient (Wildman–Crippen LogP) is 3.22. The summed E-state index contributed by atoms with van der Waals surface area (Å²) in [5.74, 6) is -0.706. The zero-order valence-electron chi connectivity index (χ0n) is 10.4. The first-order valence-corrected chi connectivity index (χ1v) is 6.51. The van der Waals surface area contributed by atoms with E-state index in [9.17, 15) is 22.0 Å². The number of hydrogen-bond acceptors (Lipinski definition) is 5. The van der Waals surface area contributed by atoms with E-state index < -0.39 is 36.9 Å². The van der Waals surface area contributed by atoms with Crippen LogP contribution in [0.2, 0.25) is 0 Å². The summed E-state index contributed by atoms with van der Waals surface area (Å²) in [5.41, 5.74) is -1.17. The van der Waals surface area contributed by atoms with Crippen LogP contribution in [-0.4, -0.2) is 35.5 Å². The Morgan fingerprint density at radius 1 is 1.35 bits per heavy atom. The van der Waals surface area contributed by atoms with Crippen molar-refractivity contribution in [3.8, 4) is 5.88 Å². The molecule has 0 saturated heterocycles. The summed E-state index contributed by atoms with van der Waals surface area (Å²) >= 11 is 1.03. The van der Waals surface area contributed by atoms with Gasteiger partial charge >= 0.3 is 12.8 Å². The third-order valence-corrected chi connectivity index (χ3v) is 2.55. The lowest BCUT2D eigenvalue weighted by Crippen LogP contribution is -2.23. The summed E-state index contributed by atoms with van der Waals surface area (Å²) in [7, 11) is 0. The molecule has 1 atom stereocenters. The van der Waals surface area contributed by atoms with E-state index in [1.165, 1.54) is 6.92 Å². The first-order chi connectivity index (χ1) is 9.24. The highest BCUT2D eigenvalue weighted by Gasteiger charge is 2.36. The number of ether oxygens (including phenoxy) is 2. The van der Waals surface area contributed by atoms with Crippen molar-refractivity contribution in [3.63, 3.8) is 0 Å². The first-order valence-electron chi connectivity index (χ1n) is 5.28. The third kappa shape index (κ3) is 5.08. The van der Waals surface area contributed by atoms with Gasteiger partial charge < -0.3 is 9.47 Å². The molecule has 1 aromatic rings. The van der Waals surface area contributed by atoms with Crippen molar-refractivity contribution in [2.45, 2.75) is 31.0 Å². The van der Waals surface area contributed by atoms with E-state index in [0.29, 0.717) is 6.20 Å². The normalized spacial score (nSPS) is 13.6. The number of rotatable bonds is 6. The Kier molecular flexibility index (Phi) is 5.93. The Bertz CT molecular complexity index is 444. The van der Waals surface area contributed by atoms with Crippen LogP contribution in [0.5, 0.6) is 5.88 Å². The van der Waals surface area contributed by atoms with Crippen LogP contribution in [0.1, 0.15) is 12.5 Å². The molecule has 1 rings (SSSR count). The fourth-order valence-electron chi connectivity index (χ4n) is 1.17. The van der Waals surface area contributed by atoms with E-state index in [2.05, 4.69) is 14.7 Å². The van der Waals surface area contributed by atoms with Crippen molar-refractivity contribution in [2.75, 3.05) is 12.9 Å². The van der Waals surface area contributed by atoms with Crippen LogP contribution in [0.4, 0.5) is 22.0 Å². The molecule has 0 fully saturated rings. The van der Waals surface area contributed by atoms with Crippen LogP contribution in [0.3, 0.4) is 0 Å². The molecule has 0 N–H and O–H groups in total. The second-order valence-corrected chi connectivity index (χ2v) is 4.37. The van der Waals surface area contributed by atoms with Gasteiger partial charge in [0, 0.05) is 6.20 Å². The highest BCUT2D eigenvalue weighted by Crippen LogP contribution is 2.35. The Morgan fingerprint density at radius 3 is 2.50 bits per heavy atom. The van der Waals surface area contributed by atoms with Crippen molar-refractivity contribution in [1.29, 1.82) is 0 Å². The molecule has 0 bridgehead atoms. The molecule has 0 aliphatic carbocycles. The Labute approximate surface area is 115 Å². The Hall–Kier alpha value is -1.16. The molecule has 0 unspecified atom stereocenters. The molecule has 114 valence electrons. The lowest BCUT2D eigenvalue weighted by atomic mass is 10.3. The summed E-state index contributed by atoms with van der Waals surface area (Å²) < 4.78 is 70.8. The van der Waals surface area contributed by atoms with Crippen molar-refractivity contribution >= 4 is 11.8 Å². The molecule has 0 aromatic carbocycles. The second-order valence-electron chi connectivity index (χ2n) is 3.60. The van der Waals surface area contributed by atoms with Crippen molar-refractivity contribution in [1.82, 2.24) is 9.97 Å². The van der Waals surface area contributed by atoms with Gasteiger partial charge in [0.2, 0.25) is 5.88 Å². The Balaban J connectivity index is 2.90. The lowest BCUT2D eigenvalue weighted by Gasteiger charge is -2.17. The molecule has 0 aliphatic rings. The van der Waals surface area contributed by atoms with Gasteiger partial charge in [-0.25, -0.2) is 4.98 Å². The highest BCUT2D eigenvalue weighted by molar-refractivity contribution is 7.98. The molecule has 4 nitrogen and oxygen atoms in total. The van der Waals surface area contributed by atoms with E-state index in [0.717, 1.165) is 11.8 Å². The second kappa shape index (κ2) is 7.02. The maximum atomic E-state index is 12.7. The summed E-state index contributed by atoms with van der Waals surface area (Å²) in [5, 5.41) is 0.0787. The van der Waals surface area contributed by atoms with Gasteiger partial charge in [-0.15, -0.1) is 0 Å². The number of halogens is 5. The Morgan fingerprint density at radius 2 is 2.00 bits per heavy atom. The van der Waals surface area contributed by atoms with Gasteiger partial charge in [-0.05, 0) is 13.2 Å². The predicted molar refractivity (Wildman–Crippen MR) is 60.9 cm³/mol. The summed E-state index contributed by atoms with van der Waals surface area (Å²) in [6.45, 7) is -2.29. The number of hydrogen-bond donors (Lipinski definition) is 0. The number of nitrogens with zero attached hydrogens (tertiary/aromatic N) is 2. The molecular formula is C10H11F5N2O2S. The van der Waals surface area contributed by atoms with Gasteiger partial charge in [0.15, 0.2) is 5.16 Å².